The summed E-state index contributed by atoms with van der Waals surface area (Å²) in [6.45, 7) is 3.60. The zero-order chi connectivity index (χ0) is 23.9. The van der Waals surface area contributed by atoms with Crippen molar-refractivity contribution in [2.45, 2.75) is 25.0 Å². The van der Waals surface area contributed by atoms with Gasteiger partial charge in [0.05, 0.1) is 12.2 Å². The second-order valence-electron chi connectivity index (χ2n) is 7.33. The van der Waals surface area contributed by atoms with E-state index < -0.39 is 29.3 Å². The topological polar surface area (TPSA) is 153 Å². The first-order chi connectivity index (χ1) is 15.7. The highest BCUT2D eigenvalue weighted by atomic mass is 32.2. The lowest BCUT2D eigenvalue weighted by Gasteiger charge is -2.27. The number of ether oxygens (including phenoxy) is 1. The molecule has 0 saturated carbocycles. The van der Waals surface area contributed by atoms with Crippen molar-refractivity contribution in [2.24, 2.45) is 14.1 Å². The van der Waals surface area contributed by atoms with Gasteiger partial charge in [0.25, 0.3) is 5.56 Å². The van der Waals surface area contributed by atoms with Crippen LogP contribution in [0.15, 0.2) is 42.6 Å². The molecule has 0 saturated heterocycles. The molecular weight excluding hydrogens is 452 g/mol. The standard InChI is InChI=1S/C20H22N6O6S/c1-5-31-17(28)12-10(21-18(29)22-13(12)11-7-6-9(2)32-11)8-33-19-23-14-15(24-19)25(3)20(30)26(4)16(14)27/h6-7,13H,5,8H2,1-4H3,(H,23,24)(H2,21,22,29). The van der Waals surface area contributed by atoms with E-state index in [2.05, 4.69) is 20.6 Å². The molecule has 1 aliphatic heterocycles. The van der Waals surface area contributed by atoms with Crippen LogP contribution < -0.4 is 21.9 Å². The first-order valence-corrected chi connectivity index (χ1v) is 11.0. The number of hydrogen-bond acceptors (Lipinski definition) is 8. The van der Waals surface area contributed by atoms with Gasteiger partial charge in [0.15, 0.2) is 16.3 Å². The third-order valence-electron chi connectivity index (χ3n) is 5.12. The smallest absolute Gasteiger partial charge is 0.338 e. The molecule has 1 unspecified atom stereocenters. The Bertz CT molecular complexity index is 1410. The van der Waals surface area contributed by atoms with Crippen molar-refractivity contribution in [2.75, 3.05) is 12.4 Å². The van der Waals surface area contributed by atoms with Crippen molar-refractivity contribution < 1.29 is 18.7 Å². The average Bonchev–Trinajstić information content (AvgIpc) is 3.41. The SMILES string of the molecule is CCOC(=O)C1=C(CSc2nc3c([nH]2)c(=O)n(C)c(=O)n3C)NC(=O)NC1c1ccc(C)o1. The lowest BCUT2D eigenvalue weighted by atomic mass is 10.0. The lowest BCUT2D eigenvalue weighted by Crippen LogP contribution is -2.46. The van der Waals surface area contributed by atoms with Crippen LogP contribution in [-0.2, 0) is 23.6 Å². The molecular formula is C20H22N6O6S. The molecule has 0 fully saturated rings. The summed E-state index contributed by atoms with van der Waals surface area (Å²) < 4.78 is 13.1. The minimum absolute atomic E-state index is 0.131. The van der Waals surface area contributed by atoms with Crippen LogP contribution in [0.3, 0.4) is 0 Å². The highest BCUT2D eigenvalue weighted by Gasteiger charge is 2.35. The number of carbonyl (C=O) groups excluding carboxylic acids is 2. The molecule has 1 aliphatic rings. The molecule has 0 aromatic carbocycles. The van der Waals surface area contributed by atoms with Gasteiger partial charge in [-0.25, -0.2) is 19.4 Å². The number of aromatic amines is 1. The predicted molar refractivity (Wildman–Crippen MR) is 119 cm³/mol. The fourth-order valence-electron chi connectivity index (χ4n) is 3.52. The van der Waals surface area contributed by atoms with Crippen molar-refractivity contribution in [3.8, 4) is 0 Å². The highest BCUT2D eigenvalue weighted by Crippen LogP contribution is 2.31. The zero-order valence-corrected chi connectivity index (χ0v) is 19.2. The largest absolute Gasteiger partial charge is 0.464 e. The summed E-state index contributed by atoms with van der Waals surface area (Å²) in [5.74, 6) is 0.563. The van der Waals surface area contributed by atoms with Gasteiger partial charge in [0.2, 0.25) is 0 Å². The number of furan rings is 1. The second kappa shape index (κ2) is 8.65. The zero-order valence-electron chi connectivity index (χ0n) is 18.3. The third-order valence-corrected chi connectivity index (χ3v) is 6.02. The van der Waals surface area contributed by atoms with E-state index in [9.17, 15) is 19.2 Å². The molecule has 174 valence electrons. The van der Waals surface area contributed by atoms with Crippen LogP contribution in [0.25, 0.3) is 11.2 Å². The molecule has 4 heterocycles. The maximum absolute atomic E-state index is 12.8. The van der Waals surface area contributed by atoms with Gasteiger partial charge in [-0.3, -0.25) is 13.9 Å². The Hall–Kier alpha value is -3.74. The summed E-state index contributed by atoms with van der Waals surface area (Å²) in [4.78, 5) is 56.9. The summed E-state index contributed by atoms with van der Waals surface area (Å²) in [6.07, 6.45) is 0. The molecule has 1 atom stereocenters. The first-order valence-electron chi connectivity index (χ1n) is 10.0. The number of rotatable bonds is 6. The Labute approximate surface area is 191 Å². The number of esters is 1. The fraction of sp³-hybridized carbons (Fsp3) is 0.350. The van der Waals surface area contributed by atoms with Crippen LogP contribution in [0.2, 0.25) is 0 Å². The van der Waals surface area contributed by atoms with Crippen LogP contribution >= 0.6 is 11.8 Å². The number of nitrogens with one attached hydrogen (secondary N) is 3. The summed E-state index contributed by atoms with van der Waals surface area (Å²) in [5.41, 5.74) is -0.0722. The number of fused-ring (bicyclic) bond motifs is 1. The number of aromatic nitrogens is 4. The van der Waals surface area contributed by atoms with Crippen molar-refractivity contribution >= 4 is 34.9 Å². The van der Waals surface area contributed by atoms with Crippen molar-refractivity contribution in [1.82, 2.24) is 29.7 Å². The predicted octanol–water partition coefficient (Wildman–Crippen LogP) is 0.825. The van der Waals surface area contributed by atoms with E-state index in [0.29, 0.717) is 22.4 Å². The number of amides is 2. The number of thioether (sulfide) groups is 1. The Morgan fingerprint density at radius 2 is 2.00 bits per heavy atom. The second-order valence-corrected chi connectivity index (χ2v) is 8.29. The van der Waals surface area contributed by atoms with Crippen LogP contribution in [0.5, 0.6) is 0 Å². The minimum Gasteiger partial charge on any atom is -0.464 e. The Kier molecular flexibility index (Phi) is 5.89. The van der Waals surface area contributed by atoms with Crippen molar-refractivity contribution in [3.63, 3.8) is 0 Å². The lowest BCUT2D eigenvalue weighted by molar-refractivity contribution is -0.139. The number of carbonyl (C=O) groups is 2. The summed E-state index contributed by atoms with van der Waals surface area (Å²) in [5, 5.41) is 5.70. The summed E-state index contributed by atoms with van der Waals surface area (Å²) >= 11 is 1.16. The molecule has 2 amide bonds. The van der Waals surface area contributed by atoms with Gasteiger partial charge in [-0.1, -0.05) is 11.8 Å². The Morgan fingerprint density at radius 3 is 2.67 bits per heavy atom. The van der Waals surface area contributed by atoms with E-state index in [4.69, 9.17) is 9.15 Å². The maximum Gasteiger partial charge on any atom is 0.338 e. The molecule has 4 rings (SSSR count). The molecule has 0 aliphatic carbocycles. The number of aryl methyl sites for hydroxylation is 2. The maximum atomic E-state index is 12.8. The van der Waals surface area contributed by atoms with Crippen LogP contribution in [0.1, 0.15) is 24.5 Å². The van der Waals surface area contributed by atoms with Crippen LogP contribution in [-0.4, -0.2) is 43.5 Å². The normalized spacial score (nSPS) is 16.1. The molecule has 33 heavy (non-hydrogen) atoms. The summed E-state index contributed by atoms with van der Waals surface area (Å²) in [6, 6.07) is 2.09. The molecule has 0 radical (unpaired) electrons. The Morgan fingerprint density at radius 1 is 1.24 bits per heavy atom. The van der Waals surface area contributed by atoms with Crippen LogP contribution in [0.4, 0.5) is 4.79 Å². The highest BCUT2D eigenvalue weighted by molar-refractivity contribution is 7.99. The van der Waals surface area contributed by atoms with E-state index in [-0.39, 0.29) is 29.1 Å². The quantitative estimate of drug-likeness (QED) is 0.351. The molecule has 3 aromatic heterocycles. The van der Waals surface area contributed by atoms with Crippen molar-refractivity contribution in [3.05, 3.63) is 55.8 Å². The van der Waals surface area contributed by atoms with E-state index in [1.165, 1.54) is 18.7 Å². The monoisotopic (exact) mass is 474 g/mol. The molecule has 3 N–H and O–H groups in total. The van der Waals surface area contributed by atoms with E-state index >= 15 is 0 Å². The third kappa shape index (κ3) is 4.06. The van der Waals surface area contributed by atoms with Gasteiger partial charge in [0, 0.05) is 25.5 Å². The number of H-pyrrole nitrogens is 1. The molecule has 0 spiro atoms. The van der Waals surface area contributed by atoms with Gasteiger partial charge in [-0.15, -0.1) is 0 Å². The number of urea groups is 1. The molecule has 3 aromatic rings. The molecule has 12 nitrogen and oxygen atoms in total. The summed E-state index contributed by atoms with van der Waals surface area (Å²) in [7, 11) is 2.90. The van der Waals surface area contributed by atoms with Crippen molar-refractivity contribution in [1.29, 1.82) is 0 Å². The Balaban J connectivity index is 1.72. The first kappa shape index (κ1) is 22.5. The van der Waals surface area contributed by atoms with Gasteiger partial charge in [0.1, 0.15) is 17.6 Å². The number of hydrogen-bond donors (Lipinski definition) is 3. The fourth-order valence-corrected chi connectivity index (χ4v) is 4.35. The number of imidazole rings is 1. The van der Waals surface area contributed by atoms with E-state index in [1.54, 1.807) is 26.0 Å². The number of nitrogens with zero attached hydrogens (tertiary/aromatic N) is 3. The van der Waals surface area contributed by atoms with Gasteiger partial charge in [-0.2, -0.15) is 0 Å². The van der Waals surface area contributed by atoms with E-state index in [1.807, 2.05) is 0 Å². The van der Waals surface area contributed by atoms with E-state index in [0.717, 1.165) is 16.3 Å². The minimum atomic E-state index is -0.828. The van der Waals surface area contributed by atoms with Gasteiger partial charge >= 0.3 is 17.7 Å². The van der Waals surface area contributed by atoms with Gasteiger partial charge < -0.3 is 24.8 Å². The van der Waals surface area contributed by atoms with Crippen LogP contribution in [0, 0.1) is 6.92 Å². The average molecular weight is 474 g/mol. The van der Waals surface area contributed by atoms with Gasteiger partial charge in [-0.05, 0) is 26.0 Å². The molecule has 0 bridgehead atoms. The molecule has 13 heteroatoms.